The Morgan fingerprint density at radius 2 is 2.21 bits per heavy atom. The molecule has 1 aromatic rings. The Morgan fingerprint density at radius 1 is 1.57 bits per heavy atom. The van der Waals surface area contributed by atoms with Crippen molar-refractivity contribution in [3.63, 3.8) is 0 Å². The van der Waals surface area contributed by atoms with E-state index in [1.54, 1.807) is 0 Å². The first-order chi connectivity index (χ1) is 6.50. The summed E-state index contributed by atoms with van der Waals surface area (Å²) in [7, 11) is 0. The Kier molecular flexibility index (Phi) is 3.72. The topological polar surface area (TPSA) is 43.1 Å². The number of amides is 1. The minimum Gasteiger partial charge on any atom is -0.368 e. The van der Waals surface area contributed by atoms with E-state index in [0.717, 1.165) is 0 Å². The number of rotatable bonds is 3. The number of hydrogen-bond acceptors (Lipinski definition) is 1. The molecule has 1 atom stereocenters. The van der Waals surface area contributed by atoms with E-state index in [1.807, 2.05) is 0 Å². The average Bonchev–Trinajstić information content (AvgIpc) is 2.09. The van der Waals surface area contributed by atoms with E-state index in [9.17, 15) is 9.18 Å². The summed E-state index contributed by atoms with van der Waals surface area (Å²) in [5.74, 6) is -1.05. The zero-order valence-electron chi connectivity index (χ0n) is 7.14. The van der Waals surface area contributed by atoms with Gasteiger partial charge >= 0.3 is 0 Å². The molecule has 0 saturated carbocycles. The number of carbonyl (C=O) groups is 1. The van der Waals surface area contributed by atoms with Crippen LogP contribution in [-0.2, 0) is 11.2 Å². The largest absolute Gasteiger partial charge is 0.368 e. The number of carbonyl (C=O) groups excluding carboxylic acids is 1. The fourth-order valence-electron chi connectivity index (χ4n) is 0.981. The zero-order chi connectivity index (χ0) is 10.7. The molecule has 0 bridgehead atoms. The average molecular weight is 236 g/mol. The number of nitrogens with two attached hydrogens (primary N) is 1. The van der Waals surface area contributed by atoms with Gasteiger partial charge in [-0.15, -0.1) is 11.6 Å². The van der Waals surface area contributed by atoms with Crippen LogP contribution in [0.4, 0.5) is 4.39 Å². The summed E-state index contributed by atoms with van der Waals surface area (Å²) in [6, 6.07) is 3.91. The first kappa shape index (κ1) is 11.3. The van der Waals surface area contributed by atoms with Gasteiger partial charge < -0.3 is 5.73 Å². The van der Waals surface area contributed by atoms with Crippen LogP contribution in [-0.4, -0.2) is 11.3 Å². The van der Waals surface area contributed by atoms with Crippen LogP contribution in [0.3, 0.4) is 0 Å². The lowest BCUT2D eigenvalue weighted by Gasteiger charge is -2.06. The maximum atomic E-state index is 12.6. The highest BCUT2D eigenvalue weighted by Gasteiger charge is 2.14. The lowest BCUT2D eigenvalue weighted by Crippen LogP contribution is -2.25. The highest BCUT2D eigenvalue weighted by atomic mass is 35.5. The van der Waals surface area contributed by atoms with Gasteiger partial charge in [-0.1, -0.05) is 17.7 Å². The fraction of sp³-hybridized carbons (Fsp3) is 0.222. The van der Waals surface area contributed by atoms with Gasteiger partial charge in [0.05, 0.1) is 0 Å². The molecular weight excluding hydrogens is 228 g/mol. The molecule has 1 unspecified atom stereocenters. The van der Waals surface area contributed by atoms with Crippen molar-refractivity contribution in [3.05, 3.63) is 34.6 Å². The summed E-state index contributed by atoms with van der Waals surface area (Å²) < 4.78 is 12.6. The van der Waals surface area contributed by atoms with Crippen LogP contribution in [0.25, 0.3) is 0 Å². The zero-order valence-corrected chi connectivity index (χ0v) is 8.65. The van der Waals surface area contributed by atoms with Gasteiger partial charge in [0.1, 0.15) is 11.2 Å². The molecule has 0 spiro atoms. The number of primary amides is 1. The van der Waals surface area contributed by atoms with Crippen LogP contribution < -0.4 is 5.73 Å². The van der Waals surface area contributed by atoms with Gasteiger partial charge in [-0.2, -0.15) is 0 Å². The number of alkyl halides is 1. The van der Waals surface area contributed by atoms with E-state index >= 15 is 0 Å². The van der Waals surface area contributed by atoms with E-state index in [2.05, 4.69) is 0 Å². The number of benzene rings is 1. The van der Waals surface area contributed by atoms with Crippen molar-refractivity contribution in [1.82, 2.24) is 0 Å². The van der Waals surface area contributed by atoms with E-state index in [0.29, 0.717) is 5.56 Å². The van der Waals surface area contributed by atoms with Crippen molar-refractivity contribution in [3.8, 4) is 0 Å². The first-order valence-corrected chi connectivity index (χ1v) is 4.69. The highest BCUT2D eigenvalue weighted by molar-refractivity contribution is 6.32. The third-order valence-electron chi connectivity index (χ3n) is 1.72. The minimum atomic E-state index is -0.821. The van der Waals surface area contributed by atoms with Gasteiger partial charge in [0, 0.05) is 5.02 Å². The van der Waals surface area contributed by atoms with Crippen LogP contribution in [0.1, 0.15) is 5.56 Å². The van der Waals surface area contributed by atoms with Crippen molar-refractivity contribution in [1.29, 1.82) is 0 Å². The lowest BCUT2D eigenvalue weighted by molar-refractivity contribution is -0.117. The standard InChI is InChI=1S/C9H8Cl2FNO/c10-7-4-6(12)2-1-5(7)3-8(11)9(13)14/h1-2,4,8H,3H2,(H2,13,14). The smallest absolute Gasteiger partial charge is 0.235 e. The van der Waals surface area contributed by atoms with E-state index in [4.69, 9.17) is 28.9 Å². The summed E-state index contributed by atoms with van der Waals surface area (Å²) in [6.45, 7) is 0. The van der Waals surface area contributed by atoms with Crippen molar-refractivity contribution >= 4 is 29.1 Å². The van der Waals surface area contributed by atoms with Gasteiger partial charge in [0.25, 0.3) is 0 Å². The Labute approximate surface area is 90.8 Å². The molecule has 5 heteroatoms. The van der Waals surface area contributed by atoms with Crippen molar-refractivity contribution < 1.29 is 9.18 Å². The Hall–Kier alpha value is -0.800. The fourth-order valence-corrected chi connectivity index (χ4v) is 1.39. The second-order valence-electron chi connectivity index (χ2n) is 2.81. The SMILES string of the molecule is NC(=O)C(Cl)Cc1ccc(F)cc1Cl. The molecule has 0 radical (unpaired) electrons. The van der Waals surface area contributed by atoms with E-state index in [1.165, 1.54) is 18.2 Å². The maximum absolute atomic E-state index is 12.6. The molecule has 0 heterocycles. The molecular formula is C9H8Cl2FNO. The Bertz CT molecular complexity index is 357. The van der Waals surface area contributed by atoms with Gasteiger partial charge in [-0.25, -0.2) is 4.39 Å². The van der Waals surface area contributed by atoms with Crippen LogP contribution in [0.2, 0.25) is 5.02 Å². The second kappa shape index (κ2) is 4.62. The molecule has 0 saturated heterocycles. The predicted molar refractivity (Wildman–Crippen MR) is 53.9 cm³/mol. The normalized spacial score (nSPS) is 12.5. The molecule has 2 nitrogen and oxygen atoms in total. The van der Waals surface area contributed by atoms with Crippen molar-refractivity contribution in [2.24, 2.45) is 5.73 Å². The Morgan fingerprint density at radius 3 is 2.71 bits per heavy atom. The first-order valence-electron chi connectivity index (χ1n) is 3.88. The molecule has 0 aliphatic rings. The van der Waals surface area contributed by atoms with Crippen molar-refractivity contribution in [2.45, 2.75) is 11.8 Å². The molecule has 1 rings (SSSR count). The third-order valence-corrected chi connectivity index (χ3v) is 2.44. The van der Waals surface area contributed by atoms with Gasteiger partial charge in [-0.05, 0) is 24.1 Å². The van der Waals surface area contributed by atoms with Crippen LogP contribution in [0.15, 0.2) is 18.2 Å². The summed E-state index contributed by atoms with van der Waals surface area (Å²) in [5.41, 5.74) is 5.58. The minimum absolute atomic E-state index is 0.204. The van der Waals surface area contributed by atoms with Crippen LogP contribution in [0, 0.1) is 5.82 Å². The van der Waals surface area contributed by atoms with Gasteiger partial charge in [0.15, 0.2) is 0 Å². The molecule has 0 aliphatic carbocycles. The van der Waals surface area contributed by atoms with E-state index < -0.39 is 17.1 Å². The van der Waals surface area contributed by atoms with Gasteiger partial charge in [-0.3, -0.25) is 4.79 Å². The number of halogens is 3. The molecule has 1 aromatic carbocycles. The summed E-state index contributed by atoms with van der Waals surface area (Å²) in [6.07, 6.45) is 0.204. The van der Waals surface area contributed by atoms with E-state index in [-0.39, 0.29) is 11.4 Å². The maximum Gasteiger partial charge on any atom is 0.235 e. The van der Waals surface area contributed by atoms with Gasteiger partial charge in [0.2, 0.25) is 5.91 Å². The van der Waals surface area contributed by atoms with Crippen LogP contribution >= 0.6 is 23.2 Å². The summed E-state index contributed by atoms with van der Waals surface area (Å²) in [5, 5.41) is -0.574. The molecule has 0 aliphatic heterocycles. The second-order valence-corrected chi connectivity index (χ2v) is 3.74. The predicted octanol–water partition coefficient (Wildman–Crippen LogP) is 2.11. The lowest BCUT2D eigenvalue weighted by atomic mass is 10.1. The molecule has 1 amide bonds. The number of hydrogen-bond donors (Lipinski definition) is 1. The quantitative estimate of drug-likeness (QED) is 0.802. The molecule has 14 heavy (non-hydrogen) atoms. The molecule has 76 valence electrons. The van der Waals surface area contributed by atoms with Crippen molar-refractivity contribution in [2.75, 3.05) is 0 Å². The Balaban J connectivity index is 2.82. The summed E-state index contributed by atoms with van der Waals surface area (Å²) >= 11 is 11.4. The third kappa shape index (κ3) is 2.86. The van der Waals surface area contributed by atoms with Crippen LogP contribution in [0.5, 0.6) is 0 Å². The monoisotopic (exact) mass is 235 g/mol. The molecule has 2 N–H and O–H groups in total. The highest BCUT2D eigenvalue weighted by Crippen LogP contribution is 2.20. The summed E-state index contributed by atoms with van der Waals surface area (Å²) in [4.78, 5) is 10.7. The molecule has 0 aromatic heterocycles. The molecule has 0 fully saturated rings.